The van der Waals surface area contributed by atoms with Crippen LogP contribution in [0.3, 0.4) is 0 Å². The summed E-state index contributed by atoms with van der Waals surface area (Å²) in [6.07, 6.45) is 0. The minimum Gasteiger partial charge on any atom is -0.210 e. The lowest BCUT2D eigenvalue weighted by Gasteiger charge is -2.23. The topological polar surface area (TPSA) is 70.0 Å². The quantitative estimate of drug-likeness (QED) is 0.921. The van der Waals surface area contributed by atoms with Gasteiger partial charge in [0.2, 0.25) is 10.0 Å². The maximum absolute atomic E-state index is 12.3. The zero-order valence-electron chi connectivity index (χ0n) is 11.8. The van der Waals surface area contributed by atoms with Gasteiger partial charge in [0, 0.05) is 16.8 Å². The number of thiophene rings is 1. The van der Waals surface area contributed by atoms with Gasteiger partial charge in [0.1, 0.15) is 0 Å². The number of nitrogens with zero attached hydrogens (tertiary/aromatic N) is 1. The van der Waals surface area contributed by atoms with Crippen LogP contribution in [0.25, 0.3) is 0 Å². The fraction of sp³-hybridized carbons (Fsp3) is 0.267. The number of rotatable bonds is 5. The van der Waals surface area contributed by atoms with E-state index in [0.717, 1.165) is 4.88 Å². The predicted octanol–water partition coefficient (Wildman–Crippen LogP) is 2.88. The molecule has 4 nitrogen and oxygen atoms in total. The molecule has 0 fully saturated rings. The van der Waals surface area contributed by atoms with Crippen LogP contribution >= 0.6 is 11.3 Å². The molecule has 6 heteroatoms. The van der Waals surface area contributed by atoms with Gasteiger partial charge >= 0.3 is 0 Å². The molecule has 0 spiro atoms. The van der Waals surface area contributed by atoms with Crippen molar-refractivity contribution >= 4 is 21.4 Å². The van der Waals surface area contributed by atoms with E-state index in [1.54, 1.807) is 11.3 Å². The van der Waals surface area contributed by atoms with Crippen LogP contribution in [-0.2, 0) is 15.4 Å². The van der Waals surface area contributed by atoms with Gasteiger partial charge in [0.15, 0.2) is 0 Å². The number of nitriles is 1. The van der Waals surface area contributed by atoms with Crippen molar-refractivity contribution in [3.63, 3.8) is 0 Å². The zero-order chi connectivity index (χ0) is 15.5. The lowest BCUT2D eigenvalue weighted by atomic mass is 9.92. The van der Waals surface area contributed by atoms with Gasteiger partial charge < -0.3 is 0 Å². The van der Waals surface area contributed by atoms with Gasteiger partial charge in [-0.1, -0.05) is 19.9 Å². The molecule has 1 heterocycles. The number of benzene rings is 1. The number of nitrogens with one attached hydrogen (secondary N) is 1. The van der Waals surface area contributed by atoms with Gasteiger partial charge in [-0.25, -0.2) is 13.1 Å². The first-order valence-corrected chi connectivity index (χ1v) is 8.75. The SMILES string of the molecule is CC(C)(CNS(=O)(=O)c1ccc(C#N)cc1)c1cccs1. The van der Waals surface area contributed by atoms with E-state index >= 15 is 0 Å². The fourth-order valence-corrected chi connectivity index (χ4v) is 3.88. The second-order valence-electron chi connectivity index (χ2n) is 5.32. The maximum Gasteiger partial charge on any atom is 0.240 e. The highest BCUT2D eigenvalue weighted by molar-refractivity contribution is 7.89. The maximum atomic E-state index is 12.3. The number of sulfonamides is 1. The van der Waals surface area contributed by atoms with Crippen LogP contribution in [0.5, 0.6) is 0 Å². The van der Waals surface area contributed by atoms with Gasteiger partial charge in [-0.2, -0.15) is 5.26 Å². The molecule has 0 bridgehead atoms. The standard InChI is InChI=1S/C15H16N2O2S2/c1-15(2,14-4-3-9-20-14)11-17-21(18,19)13-7-5-12(10-16)6-8-13/h3-9,17H,11H2,1-2H3. The van der Waals surface area contributed by atoms with Gasteiger partial charge in [0.05, 0.1) is 16.5 Å². The summed E-state index contributed by atoms with van der Waals surface area (Å²) in [6, 6.07) is 11.8. The van der Waals surface area contributed by atoms with Crippen LogP contribution in [-0.4, -0.2) is 15.0 Å². The fourth-order valence-electron chi connectivity index (χ4n) is 1.82. The monoisotopic (exact) mass is 320 g/mol. The predicted molar refractivity (Wildman–Crippen MR) is 83.7 cm³/mol. The van der Waals surface area contributed by atoms with Crippen LogP contribution in [0.4, 0.5) is 0 Å². The van der Waals surface area contributed by atoms with E-state index in [4.69, 9.17) is 5.26 Å². The van der Waals surface area contributed by atoms with Crippen molar-refractivity contribution in [3.05, 3.63) is 52.2 Å². The Morgan fingerprint density at radius 3 is 2.43 bits per heavy atom. The second kappa shape index (κ2) is 5.98. The van der Waals surface area contributed by atoms with Gasteiger partial charge in [-0.05, 0) is 35.7 Å². The number of hydrogen-bond acceptors (Lipinski definition) is 4. The molecular weight excluding hydrogens is 304 g/mol. The lowest BCUT2D eigenvalue weighted by molar-refractivity contribution is 0.509. The molecule has 1 aromatic carbocycles. The number of hydrogen-bond donors (Lipinski definition) is 1. The van der Waals surface area contributed by atoms with Gasteiger partial charge in [-0.3, -0.25) is 0 Å². The van der Waals surface area contributed by atoms with Crippen LogP contribution in [0.1, 0.15) is 24.3 Å². The van der Waals surface area contributed by atoms with Crippen LogP contribution in [0, 0.1) is 11.3 Å². The summed E-state index contributed by atoms with van der Waals surface area (Å²) in [5.41, 5.74) is 0.168. The molecule has 1 N–H and O–H groups in total. The van der Waals surface area contributed by atoms with Crippen molar-refractivity contribution in [2.24, 2.45) is 0 Å². The van der Waals surface area contributed by atoms with Crippen LogP contribution < -0.4 is 4.72 Å². The Balaban J connectivity index is 2.13. The first kappa shape index (κ1) is 15.7. The lowest BCUT2D eigenvalue weighted by Crippen LogP contribution is -2.36. The third-order valence-corrected chi connectivity index (χ3v) is 5.84. The highest BCUT2D eigenvalue weighted by Crippen LogP contribution is 2.27. The summed E-state index contributed by atoms with van der Waals surface area (Å²) in [6.45, 7) is 4.32. The van der Waals surface area contributed by atoms with E-state index < -0.39 is 10.0 Å². The van der Waals surface area contributed by atoms with Crippen molar-refractivity contribution < 1.29 is 8.42 Å². The molecule has 0 aliphatic heterocycles. The third kappa shape index (κ3) is 3.70. The summed E-state index contributed by atoms with van der Waals surface area (Å²) in [5, 5.41) is 10.7. The normalized spacial score (nSPS) is 12.0. The average molecular weight is 320 g/mol. The Morgan fingerprint density at radius 1 is 1.24 bits per heavy atom. The average Bonchev–Trinajstić information content (AvgIpc) is 3.01. The molecule has 1 aromatic heterocycles. The second-order valence-corrected chi connectivity index (χ2v) is 8.04. The molecule has 0 saturated heterocycles. The van der Waals surface area contributed by atoms with E-state index in [1.807, 2.05) is 37.4 Å². The van der Waals surface area contributed by atoms with Gasteiger partial charge in [-0.15, -0.1) is 11.3 Å². The highest BCUT2D eigenvalue weighted by atomic mass is 32.2. The van der Waals surface area contributed by atoms with Gasteiger partial charge in [0.25, 0.3) is 0 Å². The van der Waals surface area contributed by atoms with E-state index in [-0.39, 0.29) is 10.3 Å². The minimum atomic E-state index is -3.56. The Bertz CT molecular complexity index is 740. The zero-order valence-corrected chi connectivity index (χ0v) is 13.5. The first-order valence-electron chi connectivity index (χ1n) is 6.39. The van der Waals surface area contributed by atoms with Crippen molar-refractivity contribution in [1.82, 2.24) is 4.72 Å². The molecule has 0 aliphatic carbocycles. The van der Waals surface area contributed by atoms with Crippen LogP contribution in [0.15, 0.2) is 46.7 Å². The summed E-state index contributed by atoms with van der Waals surface area (Å²) in [4.78, 5) is 1.30. The Kier molecular flexibility index (Phi) is 4.47. The van der Waals surface area contributed by atoms with Crippen molar-refractivity contribution in [3.8, 4) is 6.07 Å². The summed E-state index contributed by atoms with van der Waals surface area (Å²) in [5.74, 6) is 0. The molecule has 0 saturated carbocycles. The molecule has 2 rings (SSSR count). The van der Waals surface area contributed by atoms with Crippen molar-refractivity contribution in [2.45, 2.75) is 24.2 Å². The molecule has 0 atom stereocenters. The third-order valence-electron chi connectivity index (χ3n) is 3.19. The summed E-state index contributed by atoms with van der Waals surface area (Å²) < 4.78 is 27.2. The Hall–Kier alpha value is -1.68. The molecule has 0 amide bonds. The van der Waals surface area contributed by atoms with Crippen molar-refractivity contribution in [2.75, 3.05) is 6.54 Å². The van der Waals surface area contributed by atoms with Crippen molar-refractivity contribution in [1.29, 1.82) is 5.26 Å². The molecule has 2 aromatic rings. The molecule has 0 unspecified atom stereocenters. The molecule has 21 heavy (non-hydrogen) atoms. The van der Waals surface area contributed by atoms with E-state index in [0.29, 0.717) is 12.1 Å². The van der Waals surface area contributed by atoms with E-state index in [9.17, 15) is 8.42 Å². The summed E-state index contributed by atoms with van der Waals surface area (Å²) in [7, 11) is -3.56. The van der Waals surface area contributed by atoms with E-state index in [2.05, 4.69) is 4.72 Å². The highest BCUT2D eigenvalue weighted by Gasteiger charge is 2.25. The summed E-state index contributed by atoms with van der Waals surface area (Å²) >= 11 is 1.61. The molecule has 110 valence electrons. The largest absolute Gasteiger partial charge is 0.240 e. The Morgan fingerprint density at radius 2 is 1.90 bits per heavy atom. The smallest absolute Gasteiger partial charge is 0.210 e. The minimum absolute atomic E-state index is 0.170. The molecule has 0 aliphatic rings. The molecular formula is C15H16N2O2S2. The Labute approximate surface area is 129 Å². The first-order chi connectivity index (χ1) is 9.85. The molecule has 0 radical (unpaired) electrons. The van der Waals surface area contributed by atoms with Crippen LogP contribution in [0.2, 0.25) is 0 Å². The van der Waals surface area contributed by atoms with E-state index in [1.165, 1.54) is 24.3 Å².